The van der Waals surface area contributed by atoms with Crippen molar-refractivity contribution in [2.75, 3.05) is 19.0 Å². The number of rotatable bonds is 5. The van der Waals surface area contributed by atoms with Gasteiger partial charge in [0.2, 0.25) is 0 Å². The number of ether oxygens (including phenoxy) is 1. The van der Waals surface area contributed by atoms with E-state index < -0.39 is 17.5 Å². The molecule has 0 aliphatic carbocycles. The van der Waals surface area contributed by atoms with Gasteiger partial charge in [0.05, 0.1) is 19.3 Å². The lowest BCUT2D eigenvalue weighted by Gasteiger charge is -2.15. The molecule has 8 heteroatoms. The second-order valence-corrected chi connectivity index (χ2v) is 6.01. The van der Waals surface area contributed by atoms with E-state index in [4.69, 9.17) is 9.84 Å². The molecule has 1 aliphatic rings. The molecule has 1 aromatic heterocycles. The zero-order valence-electron chi connectivity index (χ0n) is 11.1. The molecule has 0 spiro atoms. The van der Waals surface area contributed by atoms with Gasteiger partial charge in [-0.05, 0) is 6.92 Å². The second kappa shape index (κ2) is 6.57. The Hall–Kier alpha value is -1.09. The maximum absolute atomic E-state index is 11.8. The average Bonchev–Trinajstić information content (AvgIpc) is 2.83. The van der Waals surface area contributed by atoms with E-state index in [1.54, 1.807) is 6.92 Å². The number of hydrogen-bond donors (Lipinski definition) is 3. The summed E-state index contributed by atoms with van der Waals surface area (Å²) in [6.45, 7) is 1.53. The Morgan fingerprint density at radius 3 is 2.90 bits per heavy atom. The Morgan fingerprint density at radius 1 is 1.50 bits per heavy atom. The Labute approximate surface area is 119 Å². The van der Waals surface area contributed by atoms with Crippen LogP contribution in [0.15, 0.2) is 15.8 Å². The lowest BCUT2D eigenvalue weighted by atomic mass is 10.2. The van der Waals surface area contributed by atoms with Crippen molar-refractivity contribution in [1.82, 2.24) is 9.55 Å². The van der Waals surface area contributed by atoms with Crippen LogP contribution in [-0.4, -0.2) is 50.1 Å². The van der Waals surface area contributed by atoms with Crippen LogP contribution in [0.1, 0.15) is 18.2 Å². The minimum Gasteiger partial charge on any atom is -0.396 e. The van der Waals surface area contributed by atoms with Gasteiger partial charge in [0.1, 0.15) is 6.23 Å². The zero-order valence-corrected chi connectivity index (χ0v) is 11.9. The highest BCUT2D eigenvalue weighted by Crippen LogP contribution is 2.35. The number of aromatic amines is 1. The van der Waals surface area contributed by atoms with Crippen LogP contribution in [-0.2, 0) is 4.74 Å². The minimum atomic E-state index is -0.518. The van der Waals surface area contributed by atoms with E-state index in [-0.39, 0.29) is 24.6 Å². The fraction of sp³-hybridized carbons (Fsp3) is 0.667. The van der Waals surface area contributed by atoms with Gasteiger partial charge in [-0.3, -0.25) is 14.3 Å². The third kappa shape index (κ3) is 3.14. The molecule has 1 saturated heterocycles. The van der Waals surface area contributed by atoms with Crippen molar-refractivity contribution in [1.29, 1.82) is 0 Å². The van der Waals surface area contributed by atoms with E-state index in [2.05, 4.69) is 4.98 Å². The van der Waals surface area contributed by atoms with Crippen LogP contribution in [0.5, 0.6) is 0 Å². The number of aliphatic hydroxyl groups is 2. The van der Waals surface area contributed by atoms with Gasteiger partial charge < -0.3 is 14.9 Å². The molecule has 1 aromatic rings. The standard InChI is InChI=1S/C12H18N2O5S/c1-7-5-14(12(18)13-11(7)17)10-4-9(20-3-2-15)8(6-16)19-10/h5,8-10,15-16H,2-4,6H2,1H3,(H,13,17,18). The normalized spacial score (nSPS) is 26.1. The lowest BCUT2D eigenvalue weighted by Crippen LogP contribution is -2.33. The predicted molar refractivity (Wildman–Crippen MR) is 75.0 cm³/mol. The molecule has 0 radical (unpaired) electrons. The van der Waals surface area contributed by atoms with Crippen molar-refractivity contribution in [2.45, 2.75) is 30.9 Å². The van der Waals surface area contributed by atoms with E-state index in [0.29, 0.717) is 17.7 Å². The van der Waals surface area contributed by atoms with Gasteiger partial charge in [0.15, 0.2) is 0 Å². The Balaban J connectivity index is 2.20. The molecule has 3 unspecified atom stereocenters. The number of thioether (sulfide) groups is 1. The topological polar surface area (TPSA) is 105 Å². The van der Waals surface area contributed by atoms with Gasteiger partial charge in [-0.1, -0.05) is 0 Å². The highest BCUT2D eigenvalue weighted by molar-refractivity contribution is 8.00. The van der Waals surface area contributed by atoms with Crippen LogP contribution in [0.2, 0.25) is 0 Å². The Morgan fingerprint density at radius 2 is 2.25 bits per heavy atom. The SMILES string of the molecule is Cc1cn(C2CC(SCCO)C(CO)O2)c(=O)[nH]c1=O. The summed E-state index contributed by atoms with van der Waals surface area (Å²) in [5.41, 5.74) is -0.496. The van der Waals surface area contributed by atoms with Crippen LogP contribution in [0.3, 0.4) is 0 Å². The predicted octanol–water partition coefficient (Wildman–Crippen LogP) is -0.781. The van der Waals surface area contributed by atoms with E-state index in [1.165, 1.54) is 22.5 Å². The maximum atomic E-state index is 11.8. The number of nitrogens with zero attached hydrogens (tertiary/aromatic N) is 1. The maximum Gasteiger partial charge on any atom is 0.330 e. The van der Waals surface area contributed by atoms with Gasteiger partial charge >= 0.3 is 5.69 Å². The Kier molecular flexibility index (Phi) is 5.03. The molecule has 7 nitrogen and oxygen atoms in total. The second-order valence-electron chi connectivity index (χ2n) is 4.66. The van der Waals surface area contributed by atoms with Gasteiger partial charge in [-0.25, -0.2) is 4.79 Å². The first kappa shape index (κ1) is 15.3. The largest absolute Gasteiger partial charge is 0.396 e. The van der Waals surface area contributed by atoms with E-state index in [9.17, 15) is 14.7 Å². The highest BCUT2D eigenvalue weighted by atomic mass is 32.2. The molecule has 2 rings (SSSR count). The summed E-state index contributed by atoms with van der Waals surface area (Å²) in [4.78, 5) is 25.4. The summed E-state index contributed by atoms with van der Waals surface area (Å²) >= 11 is 1.51. The minimum absolute atomic E-state index is 0.0104. The van der Waals surface area contributed by atoms with Crippen molar-refractivity contribution in [3.63, 3.8) is 0 Å². The van der Waals surface area contributed by atoms with Crippen LogP contribution < -0.4 is 11.2 Å². The van der Waals surface area contributed by atoms with Gasteiger partial charge in [0, 0.05) is 29.2 Å². The molecule has 2 heterocycles. The highest BCUT2D eigenvalue weighted by Gasteiger charge is 2.36. The molecule has 3 N–H and O–H groups in total. The number of nitrogens with one attached hydrogen (secondary N) is 1. The first-order chi connectivity index (χ1) is 9.56. The number of aromatic nitrogens is 2. The van der Waals surface area contributed by atoms with Crippen LogP contribution in [0.4, 0.5) is 0 Å². The zero-order chi connectivity index (χ0) is 14.7. The molecule has 1 aliphatic heterocycles. The van der Waals surface area contributed by atoms with E-state index >= 15 is 0 Å². The summed E-state index contributed by atoms with van der Waals surface area (Å²) in [5.74, 6) is 0.552. The molecular formula is C12H18N2O5S. The molecule has 0 saturated carbocycles. The number of aliphatic hydroxyl groups excluding tert-OH is 2. The fourth-order valence-corrected chi connectivity index (χ4v) is 3.29. The van der Waals surface area contributed by atoms with Gasteiger partial charge in [-0.15, -0.1) is 0 Å². The van der Waals surface area contributed by atoms with Crippen molar-refractivity contribution in [3.8, 4) is 0 Å². The van der Waals surface area contributed by atoms with Crippen molar-refractivity contribution < 1.29 is 14.9 Å². The molecule has 1 fully saturated rings. The molecule has 20 heavy (non-hydrogen) atoms. The molecular weight excluding hydrogens is 284 g/mol. The quantitative estimate of drug-likeness (QED) is 0.659. The summed E-state index contributed by atoms with van der Waals surface area (Å²) < 4.78 is 7.02. The number of aryl methyl sites for hydroxylation is 1. The molecule has 112 valence electrons. The van der Waals surface area contributed by atoms with Crippen molar-refractivity contribution in [3.05, 3.63) is 32.6 Å². The summed E-state index contributed by atoms with van der Waals surface area (Å²) in [5, 5.41) is 18.2. The average molecular weight is 302 g/mol. The summed E-state index contributed by atoms with van der Waals surface area (Å²) in [6.07, 6.45) is 1.13. The first-order valence-electron chi connectivity index (χ1n) is 6.37. The first-order valence-corrected chi connectivity index (χ1v) is 7.42. The summed E-state index contributed by atoms with van der Waals surface area (Å²) in [6, 6.07) is 0. The Bertz CT molecular complexity index is 570. The van der Waals surface area contributed by atoms with Crippen molar-refractivity contribution in [2.24, 2.45) is 0 Å². The molecule has 0 aromatic carbocycles. The molecule has 0 amide bonds. The van der Waals surface area contributed by atoms with E-state index in [0.717, 1.165) is 0 Å². The van der Waals surface area contributed by atoms with Crippen molar-refractivity contribution >= 4 is 11.8 Å². The third-order valence-electron chi connectivity index (χ3n) is 3.24. The van der Waals surface area contributed by atoms with Crippen LogP contribution in [0.25, 0.3) is 0 Å². The third-order valence-corrected chi connectivity index (χ3v) is 4.58. The lowest BCUT2D eigenvalue weighted by molar-refractivity contribution is -0.0238. The molecule has 0 bridgehead atoms. The van der Waals surface area contributed by atoms with E-state index in [1.807, 2.05) is 0 Å². The van der Waals surface area contributed by atoms with Gasteiger partial charge in [0.25, 0.3) is 5.56 Å². The number of hydrogen-bond acceptors (Lipinski definition) is 6. The van der Waals surface area contributed by atoms with Crippen LogP contribution in [0, 0.1) is 6.92 Å². The van der Waals surface area contributed by atoms with Gasteiger partial charge in [-0.2, -0.15) is 11.8 Å². The molecule has 3 atom stereocenters. The number of H-pyrrole nitrogens is 1. The smallest absolute Gasteiger partial charge is 0.330 e. The monoisotopic (exact) mass is 302 g/mol. The summed E-state index contributed by atoms with van der Waals surface area (Å²) in [7, 11) is 0. The van der Waals surface area contributed by atoms with Crippen LogP contribution >= 0.6 is 11.8 Å². The fourth-order valence-electron chi connectivity index (χ4n) is 2.21.